The molecule has 0 heterocycles. The summed E-state index contributed by atoms with van der Waals surface area (Å²) < 4.78 is 22.9. The van der Waals surface area contributed by atoms with Crippen LogP contribution in [0.5, 0.6) is 0 Å². The summed E-state index contributed by atoms with van der Waals surface area (Å²) in [7, 11) is 5.96. The van der Waals surface area contributed by atoms with Gasteiger partial charge in [0.15, 0.2) is 6.10 Å². The van der Waals surface area contributed by atoms with Gasteiger partial charge in [-0.15, -0.1) is 0 Å². The number of carbonyl (C=O) groups excluding carboxylic acids is 2. The van der Waals surface area contributed by atoms with Gasteiger partial charge in [0.2, 0.25) is 0 Å². The molecule has 0 spiro atoms. The van der Waals surface area contributed by atoms with Crippen LogP contribution in [0.4, 0.5) is 0 Å². The van der Waals surface area contributed by atoms with Gasteiger partial charge in [-0.3, -0.25) is 9.59 Å². The van der Waals surface area contributed by atoms with E-state index in [9.17, 15) is 19.5 Å². The van der Waals surface area contributed by atoms with Crippen LogP contribution in [-0.4, -0.2) is 87.4 Å². The molecule has 0 saturated heterocycles. The van der Waals surface area contributed by atoms with Gasteiger partial charge in [-0.2, -0.15) is 0 Å². The number of carbonyl (C=O) groups is 3. The van der Waals surface area contributed by atoms with E-state index in [0.29, 0.717) is 17.4 Å². The van der Waals surface area contributed by atoms with Crippen LogP contribution in [0.2, 0.25) is 0 Å². The molecule has 0 aromatic heterocycles. The molecule has 0 saturated carbocycles. The molecule has 2 unspecified atom stereocenters. The third kappa shape index (κ3) is 54.3. The summed E-state index contributed by atoms with van der Waals surface area (Å²) in [6.45, 7) is 4.85. The van der Waals surface area contributed by atoms with E-state index in [0.717, 1.165) is 83.5 Å². The van der Waals surface area contributed by atoms with E-state index in [1.165, 1.54) is 128 Å². The van der Waals surface area contributed by atoms with Crippen LogP contribution >= 0.6 is 0 Å². The first kappa shape index (κ1) is 67.7. The number of ether oxygens (including phenoxy) is 4. The highest BCUT2D eigenvalue weighted by Gasteiger charge is 2.25. The number of esters is 2. The second-order valence-corrected chi connectivity index (χ2v) is 20.6. The summed E-state index contributed by atoms with van der Waals surface area (Å²) in [6.07, 6.45) is 65.4. The maximum atomic E-state index is 12.9. The average molecular weight is 998 g/mol. The fourth-order valence-electron chi connectivity index (χ4n) is 7.91. The maximum absolute atomic E-state index is 12.9. The summed E-state index contributed by atoms with van der Waals surface area (Å²) in [5.41, 5.74) is 0. The second kappa shape index (κ2) is 53.0. The number of hydrogen-bond donors (Lipinski definition) is 1. The van der Waals surface area contributed by atoms with Gasteiger partial charge in [-0.25, -0.2) is 4.79 Å². The van der Waals surface area contributed by atoms with Gasteiger partial charge in [0.05, 0.1) is 34.4 Å². The van der Waals surface area contributed by atoms with Crippen LogP contribution < -0.4 is 0 Å². The molecule has 0 aliphatic heterocycles. The minimum Gasteiger partial charge on any atom is -0.477 e. The Bertz CT molecular complexity index is 1390. The number of nitrogens with zero attached hydrogens (tertiary/aromatic N) is 1. The summed E-state index contributed by atoms with van der Waals surface area (Å²) in [4.78, 5) is 37.4. The number of rotatable bonds is 53. The fourth-order valence-corrected chi connectivity index (χ4v) is 7.91. The van der Waals surface area contributed by atoms with Crippen LogP contribution in [0.3, 0.4) is 0 Å². The molecule has 0 radical (unpaired) electrons. The Morgan fingerprint density at radius 2 is 0.761 bits per heavy atom. The lowest BCUT2D eigenvalue weighted by atomic mass is 10.1. The number of allylic oxidation sites excluding steroid dienone is 12. The van der Waals surface area contributed by atoms with Crippen LogP contribution in [0.15, 0.2) is 72.9 Å². The number of likely N-dealkylation sites (N-methyl/N-ethyl adjacent to an activating group) is 1. The molecular weight excluding hydrogens is 887 g/mol. The van der Waals surface area contributed by atoms with Gasteiger partial charge >= 0.3 is 17.9 Å². The van der Waals surface area contributed by atoms with Crippen molar-refractivity contribution in [2.45, 2.75) is 257 Å². The van der Waals surface area contributed by atoms with Crippen molar-refractivity contribution in [1.29, 1.82) is 0 Å². The highest BCUT2D eigenvalue weighted by Crippen LogP contribution is 2.15. The predicted molar refractivity (Wildman–Crippen MR) is 299 cm³/mol. The van der Waals surface area contributed by atoms with Gasteiger partial charge in [-0.05, 0) is 89.9 Å². The molecule has 9 heteroatoms. The zero-order chi connectivity index (χ0) is 52.0. The Morgan fingerprint density at radius 3 is 1.13 bits per heavy atom. The molecular formula is C62H110NO8+. The largest absolute Gasteiger partial charge is 0.477 e. The average Bonchev–Trinajstić information content (AvgIpc) is 3.34. The van der Waals surface area contributed by atoms with Crippen molar-refractivity contribution in [3.63, 3.8) is 0 Å². The summed E-state index contributed by atoms with van der Waals surface area (Å²) in [5.74, 6) is -2.02. The Kier molecular flexibility index (Phi) is 50.6. The lowest BCUT2D eigenvalue weighted by Gasteiger charge is -2.25. The minimum absolute atomic E-state index is 0.182. The molecule has 0 bridgehead atoms. The zero-order valence-corrected chi connectivity index (χ0v) is 46.6. The monoisotopic (exact) mass is 997 g/mol. The van der Waals surface area contributed by atoms with Crippen molar-refractivity contribution >= 4 is 17.9 Å². The molecule has 71 heavy (non-hydrogen) atoms. The van der Waals surface area contributed by atoms with E-state index >= 15 is 0 Å². The zero-order valence-electron chi connectivity index (χ0n) is 46.6. The number of carboxylic acids is 1. The molecule has 0 fully saturated rings. The molecule has 1 N–H and O–H groups in total. The predicted octanol–water partition coefficient (Wildman–Crippen LogP) is 17.0. The van der Waals surface area contributed by atoms with Crippen LogP contribution in [-0.2, 0) is 33.3 Å². The topological polar surface area (TPSA) is 108 Å². The quantitative estimate of drug-likeness (QED) is 0.0211. The Balaban J connectivity index is 4.31. The molecule has 0 aliphatic rings. The Morgan fingerprint density at radius 1 is 0.423 bits per heavy atom. The number of aliphatic carboxylic acids is 1. The third-order valence-corrected chi connectivity index (χ3v) is 12.4. The highest BCUT2D eigenvalue weighted by molar-refractivity contribution is 5.71. The van der Waals surface area contributed by atoms with E-state index in [4.69, 9.17) is 18.9 Å². The number of hydrogen-bond acceptors (Lipinski definition) is 7. The van der Waals surface area contributed by atoms with Gasteiger partial charge < -0.3 is 28.5 Å². The van der Waals surface area contributed by atoms with Crippen molar-refractivity contribution in [3.8, 4) is 0 Å². The van der Waals surface area contributed by atoms with Crippen LogP contribution in [0.1, 0.15) is 245 Å². The van der Waals surface area contributed by atoms with Crippen molar-refractivity contribution in [1.82, 2.24) is 0 Å². The van der Waals surface area contributed by atoms with Crippen molar-refractivity contribution in [3.05, 3.63) is 72.9 Å². The van der Waals surface area contributed by atoms with E-state index in [1.54, 1.807) is 0 Å². The van der Waals surface area contributed by atoms with Crippen molar-refractivity contribution in [2.75, 3.05) is 47.5 Å². The van der Waals surface area contributed by atoms with E-state index in [1.807, 2.05) is 21.1 Å². The highest BCUT2D eigenvalue weighted by atomic mass is 16.7. The van der Waals surface area contributed by atoms with E-state index in [-0.39, 0.29) is 38.6 Å². The SMILES string of the molecule is CCCCCCC/C=C\C/C=C\C/C=C\CCCCCCCCCCC(=O)OCC(COC(OCC[N+](C)(C)C)C(=O)O)OC(=O)CCCCCCCCCC/C=C\C/C=C\C/C=C\CCCCCCC. The van der Waals surface area contributed by atoms with Crippen LogP contribution in [0, 0.1) is 0 Å². The lowest BCUT2D eigenvalue weighted by Crippen LogP contribution is -2.40. The fraction of sp³-hybridized carbons (Fsp3) is 0.758. The Labute approximate surface area is 437 Å². The maximum Gasteiger partial charge on any atom is 0.361 e. The first-order valence-electron chi connectivity index (χ1n) is 29.1. The van der Waals surface area contributed by atoms with Gasteiger partial charge in [0.25, 0.3) is 6.29 Å². The normalized spacial score (nSPS) is 13.3. The summed E-state index contributed by atoms with van der Waals surface area (Å²) in [6, 6.07) is 0. The molecule has 410 valence electrons. The summed E-state index contributed by atoms with van der Waals surface area (Å²) >= 11 is 0. The molecule has 9 nitrogen and oxygen atoms in total. The minimum atomic E-state index is -1.52. The van der Waals surface area contributed by atoms with Crippen LogP contribution in [0.25, 0.3) is 0 Å². The number of unbranched alkanes of at least 4 members (excludes halogenated alkanes) is 26. The lowest BCUT2D eigenvalue weighted by molar-refractivity contribution is -0.870. The van der Waals surface area contributed by atoms with E-state index < -0.39 is 24.3 Å². The first-order chi connectivity index (χ1) is 34.6. The van der Waals surface area contributed by atoms with Gasteiger partial charge in [0, 0.05) is 12.8 Å². The molecule has 2 atom stereocenters. The number of quaternary nitrogens is 1. The molecule has 0 rings (SSSR count). The van der Waals surface area contributed by atoms with Gasteiger partial charge in [-0.1, -0.05) is 215 Å². The van der Waals surface area contributed by atoms with Crippen molar-refractivity contribution in [2.24, 2.45) is 0 Å². The molecule has 0 amide bonds. The Hall–Kier alpha value is -3.27. The smallest absolute Gasteiger partial charge is 0.361 e. The standard InChI is InChI=1S/C62H109NO8/c1-6-8-10-12-14-16-18-20-22-24-26-28-30-32-34-36-38-40-42-44-46-48-50-52-59(64)69-56-58(57-70-62(61(66)67)68-55-54-63(3,4)5)71-60(65)53-51-49-47-45-43-41-39-37-35-33-31-29-27-25-23-21-19-17-15-13-11-9-7-2/h18-21,24-27,30-33,58,62H,6-17,22-23,28-29,34-57H2,1-5H3/p+1/b20-18-,21-19-,26-24-,27-25-,32-30-,33-31-. The molecule has 0 aromatic carbocycles. The molecule has 0 aromatic rings. The van der Waals surface area contributed by atoms with Gasteiger partial charge in [0.1, 0.15) is 13.2 Å². The van der Waals surface area contributed by atoms with Crippen molar-refractivity contribution < 1.29 is 42.9 Å². The first-order valence-corrected chi connectivity index (χ1v) is 29.1. The number of carboxylic acid groups (broad SMARTS) is 1. The summed E-state index contributed by atoms with van der Waals surface area (Å²) in [5, 5.41) is 9.70. The second-order valence-electron chi connectivity index (χ2n) is 20.6. The molecule has 0 aliphatic carbocycles. The van der Waals surface area contributed by atoms with E-state index in [2.05, 4.69) is 86.8 Å². The third-order valence-electron chi connectivity index (χ3n) is 12.4.